The Morgan fingerprint density at radius 2 is 1.64 bits per heavy atom. The topological polar surface area (TPSA) is 137 Å². The van der Waals surface area contributed by atoms with Crippen LogP contribution in [0.4, 0.5) is 32.4 Å². The summed E-state index contributed by atoms with van der Waals surface area (Å²) in [5.74, 6) is -0.485. The van der Waals surface area contributed by atoms with Gasteiger partial charge in [-0.25, -0.2) is 13.2 Å². The minimum atomic E-state index is -4.51. The molecule has 3 atom stereocenters. The zero-order valence-corrected chi connectivity index (χ0v) is 25.8. The van der Waals surface area contributed by atoms with E-state index in [-0.39, 0.29) is 48.1 Å². The van der Waals surface area contributed by atoms with Crippen molar-refractivity contribution in [1.29, 1.82) is 0 Å². The van der Waals surface area contributed by atoms with Gasteiger partial charge in [-0.2, -0.15) is 22.0 Å². The molecule has 1 aliphatic rings. The van der Waals surface area contributed by atoms with E-state index in [1.807, 2.05) is 0 Å². The monoisotopic (exact) mass is 685 g/mol. The molecular formula is C31H32F5N3O7S. The van der Waals surface area contributed by atoms with Crippen molar-refractivity contribution >= 4 is 27.5 Å². The van der Waals surface area contributed by atoms with Gasteiger partial charge in [0.05, 0.1) is 41.4 Å². The number of carbonyl (C=O) groups is 2. The molecule has 0 aromatic heterocycles. The van der Waals surface area contributed by atoms with E-state index in [1.54, 1.807) is 17.0 Å². The molecule has 1 fully saturated rings. The maximum atomic E-state index is 13.2. The molecule has 10 nitrogen and oxygen atoms in total. The van der Waals surface area contributed by atoms with Crippen LogP contribution in [0.1, 0.15) is 40.9 Å². The Morgan fingerprint density at radius 3 is 2.19 bits per heavy atom. The first-order valence-corrected chi connectivity index (χ1v) is 16.0. The fraction of sp³-hybridized carbons (Fsp3) is 0.355. The lowest BCUT2D eigenvalue weighted by atomic mass is 10.1. The summed E-state index contributed by atoms with van der Waals surface area (Å²) in [6.45, 7) is -2.00. The highest BCUT2D eigenvalue weighted by Gasteiger charge is 2.35. The number of benzene rings is 3. The first-order chi connectivity index (χ1) is 22.2. The second-order valence-corrected chi connectivity index (χ2v) is 12.9. The first kappa shape index (κ1) is 35.4. The Kier molecular flexibility index (Phi) is 11.3. The van der Waals surface area contributed by atoms with E-state index in [2.05, 4.69) is 10.1 Å². The van der Waals surface area contributed by atoms with Crippen molar-refractivity contribution in [2.45, 2.75) is 49.2 Å². The van der Waals surface area contributed by atoms with Crippen LogP contribution in [0, 0.1) is 0 Å². The number of sulfone groups is 1. The molecule has 2 amide bonds. The van der Waals surface area contributed by atoms with Gasteiger partial charge < -0.3 is 30.2 Å². The highest BCUT2D eigenvalue weighted by atomic mass is 32.2. The molecule has 1 heterocycles. The highest BCUT2D eigenvalue weighted by Crippen LogP contribution is 2.33. The van der Waals surface area contributed by atoms with Crippen molar-refractivity contribution in [3.63, 3.8) is 0 Å². The van der Waals surface area contributed by atoms with Crippen LogP contribution in [0.15, 0.2) is 77.7 Å². The van der Waals surface area contributed by atoms with E-state index in [1.165, 1.54) is 55.5 Å². The zero-order chi connectivity index (χ0) is 34.4. The quantitative estimate of drug-likeness (QED) is 0.231. The summed E-state index contributed by atoms with van der Waals surface area (Å²) in [6, 6.07) is 14.6. The van der Waals surface area contributed by atoms with Crippen LogP contribution in [0.5, 0.6) is 5.75 Å². The van der Waals surface area contributed by atoms with Gasteiger partial charge >= 0.3 is 18.9 Å². The van der Waals surface area contributed by atoms with Gasteiger partial charge in [-0.1, -0.05) is 19.1 Å². The minimum absolute atomic E-state index is 0.0893. The van der Waals surface area contributed by atoms with Gasteiger partial charge in [0.1, 0.15) is 18.5 Å². The third kappa shape index (κ3) is 9.54. The predicted octanol–water partition coefficient (Wildman–Crippen LogP) is 5.33. The minimum Gasteiger partial charge on any atom is -0.489 e. The molecule has 4 rings (SSSR count). The molecule has 0 aliphatic carbocycles. The molecule has 3 N–H and O–H groups in total. The molecule has 0 unspecified atom stereocenters. The average Bonchev–Trinajstić information content (AvgIpc) is 3.44. The maximum absolute atomic E-state index is 13.2. The number of hydrogen-bond donors (Lipinski definition) is 2. The second kappa shape index (κ2) is 15.0. The van der Waals surface area contributed by atoms with Crippen molar-refractivity contribution in [2.24, 2.45) is 5.73 Å². The molecule has 1 saturated heterocycles. The van der Waals surface area contributed by atoms with Gasteiger partial charge in [-0.3, -0.25) is 4.79 Å². The summed E-state index contributed by atoms with van der Waals surface area (Å²) in [5.41, 5.74) is 5.45. The molecule has 254 valence electrons. The Morgan fingerprint density at radius 1 is 1.00 bits per heavy atom. The molecular weight excluding hydrogens is 653 g/mol. The number of ether oxygens (including phenoxy) is 3. The van der Waals surface area contributed by atoms with E-state index in [4.69, 9.17) is 15.2 Å². The first-order valence-electron chi connectivity index (χ1n) is 14.3. The van der Waals surface area contributed by atoms with Crippen LogP contribution in [-0.4, -0.2) is 64.7 Å². The van der Waals surface area contributed by atoms with Crippen molar-refractivity contribution in [3.05, 3.63) is 89.5 Å². The lowest BCUT2D eigenvalue weighted by Gasteiger charge is -2.26. The number of primary amides is 1. The van der Waals surface area contributed by atoms with Crippen LogP contribution >= 0.6 is 0 Å². The molecule has 1 aliphatic heterocycles. The number of amides is 2. The summed E-state index contributed by atoms with van der Waals surface area (Å²) in [5, 5.41) is 2.73. The number of hydrogen-bond acceptors (Lipinski definition) is 8. The predicted molar refractivity (Wildman–Crippen MR) is 160 cm³/mol. The molecule has 0 spiro atoms. The van der Waals surface area contributed by atoms with Gasteiger partial charge in [0.25, 0.3) is 5.91 Å². The Labute approximate surface area is 267 Å². The average molecular weight is 686 g/mol. The fourth-order valence-electron chi connectivity index (χ4n) is 5.04. The summed E-state index contributed by atoms with van der Waals surface area (Å²) in [4.78, 5) is 26.3. The summed E-state index contributed by atoms with van der Waals surface area (Å²) >= 11 is 0. The van der Waals surface area contributed by atoms with Crippen molar-refractivity contribution in [2.75, 3.05) is 30.4 Å². The number of rotatable bonds is 13. The van der Waals surface area contributed by atoms with Crippen molar-refractivity contribution in [3.8, 4) is 5.75 Å². The van der Waals surface area contributed by atoms with Crippen LogP contribution in [0.3, 0.4) is 0 Å². The van der Waals surface area contributed by atoms with Gasteiger partial charge in [0, 0.05) is 17.7 Å². The molecule has 3 aromatic rings. The van der Waals surface area contributed by atoms with E-state index in [0.717, 1.165) is 12.1 Å². The SMILES string of the molecule is CCS(=O)(=O)c1ccc([C@H](COC(N)=O)NC(=O)c2ccc(N3C[C@@H](Oc4ccc(C(F)(F)F)cc4)C[C@H]3COC(F)F)cc2)cc1. The molecule has 47 heavy (non-hydrogen) atoms. The van der Waals surface area contributed by atoms with Crippen LogP contribution in [-0.2, 0) is 25.5 Å². The summed E-state index contributed by atoms with van der Waals surface area (Å²) in [7, 11) is -3.47. The van der Waals surface area contributed by atoms with Gasteiger partial charge in [-0.15, -0.1) is 0 Å². The van der Waals surface area contributed by atoms with Crippen LogP contribution in [0.2, 0.25) is 0 Å². The molecule has 3 aromatic carbocycles. The number of halogens is 5. The standard InChI is InChI=1S/C31H32F5N3O7S/c1-2-47(42,43)26-13-5-19(6-14-26)27(18-45-30(37)41)38-28(40)20-3-9-22(10-4-20)39-16-25(15-23(39)17-44-29(32)33)46-24-11-7-21(8-12-24)31(34,35)36/h3-14,23,25,27,29H,2,15-18H2,1H3,(H2,37,41)(H,38,40)/t23-,25-,27-/m0/s1. The lowest BCUT2D eigenvalue weighted by Crippen LogP contribution is -2.34. The smallest absolute Gasteiger partial charge is 0.416 e. The number of nitrogens with zero attached hydrogens (tertiary/aromatic N) is 1. The number of carbonyl (C=O) groups excluding carboxylic acids is 2. The van der Waals surface area contributed by atoms with E-state index < -0.39 is 58.4 Å². The largest absolute Gasteiger partial charge is 0.489 e. The highest BCUT2D eigenvalue weighted by molar-refractivity contribution is 7.91. The lowest BCUT2D eigenvalue weighted by molar-refractivity contribution is -0.137. The van der Waals surface area contributed by atoms with E-state index in [0.29, 0.717) is 11.3 Å². The number of nitrogens with one attached hydrogen (secondary N) is 1. The summed E-state index contributed by atoms with van der Waals surface area (Å²) in [6.07, 6.45) is -5.91. The molecule has 16 heteroatoms. The molecule has 0 radical (unpaired) electrons. The van der Waals surface area contributed by atoms with Crippen molar-refractivity contribution in [1.82, 2.24) is 5.32 Å². The third-order valence-electron chi connectivity index (χ3n) is 7.46. The van der Waals surface area contributed by atoms with Gasteiger partial charge in [-0.05, 0) is 66.2 Å². The van der Waals surface area contributed by atoms with E-state index in [9.17, 15) is 40.0 Å². The zero-order valence-electron chi connectivity index (χ0n) is 25.0. The normalized spacial score (nSPS) is 17.4. The summed E-state index contributed by atoms with van der Waals surface area (Å²) < 4.78 is 104. The maximum Gasteiger partial charge on any atom is 0.416 e. The molecule has 0 saturated carbocycles. The fourth-order valence-corrected chi connectivity index (χ4v) is 5.92. The molecule has 0 bridgehead atoms. The number of nitrogens with two attached hydrogens (primary N) is 1. The third-order valence-corrected chi connectivity index (χ3v) is 9.21. The van der Waals surface area contributed by atoms with Crippen molar-refractivity contribution < 1.29 is 54.2 Å². The number of alkyl halides is 5. The van der Waals surface area contributed by atoms with Gasteiger partial charge in [0.2, 0.25) is 0 Å². The Hall–Kier alpha value is -4.44. The van der Waals surface area contributed by atoms with Crippen LogP contribution < -0.4 is 20.7 Å². The Balaban J connectivity index is 1.47. The second-order valence-electron chi connectivity index (χ2n) is 10.6. The van der Waals surface area contributed by atoms with E-state index >= 15 is 0 Å². The van der Waals surface area contributed by atoms with Crippen LogP contribution in [0.25, 0.3) is 0 Å². The van der Waals surface area contributed by atoms with Gasteiger partial charge in [0.15, 0.2) is 9.84 Å². The number of anilines is 1. The Bertz CT molecular complexity index is 1620.